The van der Waals surface area contributed by atoms with Crippen LogP contribution < -0.4 is 5.32 Å². The standard InChI is InChI=1S/C24H33NO3S/c1-4-6-7-8-9-10-11-12-21(26)25-23-22(24(27)28-5-2)20(17-29-23)19-15-13-18(3)14-16-19/h13-17H,4-12H2,1-3H3,(H,25,26). The number of benzene rings is 1. The van der Waals surface area contributed by atoms with Gasteiger partial charge in [-0.1, -0.05) is 75.3 Å². The number of amides is 1. The largest absolute Gasteiger partial charge is 0.462 e. The Balaban J connectivity index is 2.01. The molecule has 2 aromatic rings. The molecule has 0 atom stereocenters. The zero-order chi connectivity index (χ0) is 21.1. The minimum atomic E-state index is -0.393. The van der Waals surface area contributed by atoms with Gasteiger partial charge in [0.1, 0.15) is 10.6 Å². The Labute approximate surface area is 178 Å². The Bertz CT molecular complexity index is 780. The van der Waals surface area contributed by atoms with Crippen molar-refractivity contribution in [1.82, 2.24) is 0 Å². The first-order valence-electron chi connectivity index (χ1n) is 10.7. The fraction of sp³-hybridized carbons (Fsp3) is 0.500. The van der Waals surface area contributed by atoms with Crippen LogP contribution in [0.3, 0.4) is 0 Å². The monoisotopic (exact) mass is 415 g/mol. The topological polar surface area (TPSA) is 55.4 Å². The number of rotatable bonds is 12. The minimum absolute atomic E-state index is 0.0404. The van der Waals surface area contributed by atoms with E-state index in [4.69, 9.17) is 4.74 Å². The van der Waals surface area contributed by atoms with Gasteiger partial charge in [0.15, 0.2) is 0 Å². The van der Waals surface area contributed by atoms with Gasteiger partial charge in [-0.05, 0) is 25.8 Å². The molecule has 0 spiro atoms. The van der Waals surface area contributed by atoms with Crippen LogP contribution in [0.25, 0.3) is 11.1 Å². The molecule has 158 valence electrons. The van der Waals surface area contributed by atoms with Gasteiger partial charge in [-0.15, -0.1) is 11.3 Å². The van der Waals surface area contributed by atoms with Crippen molar-refractivity contribution in [2.75, 3.05) is 11.9 Å². The maximum atomic E-state index is 12.6. The number of unbranched alkanes of at least 4 members (excludes halogenated alkanes) is 6. The molecule has 1 amide bonds. The molecular formula is C24H33NO3S. The van der Waals surface area contributed by atoms with Gasteiger partial charge in [0, 0.05) is 17.4 Å². The highest BCUT2D eigenvalue weighted by molar-refractivity contribution is 7.15. The summed E-state index contributed by atoms with van der Waals surface area (Å²) in [4.78, 5) is 25.0. The Hall–Kier alpha value is -2.14. The van der Waals surface area contributed by atoms with Crippen LogP contribution in [0, 0.1) is 6.92 Å². The molecule has 0 aliphatic heterocycles. The third kappa shape index (κ3) is 7.32. The highest BCUT2D eigenvalue weighted by Crippen LogP contribution is 2.36. The van der Waals surface area contributed by atoms with Gasteiger partial charge in [0.2, 0.25) is 5.91 Å². The van der Waals surface area contributed by atoms with E-state index in [0.29, 0.717) is 23.6 Å². The number of hydrogen-bond acceptors (Lipinski definition) is 4. The van der Waals surface area contributed by atoms with E-state index in [1.165, 1.54) is 43.4 Å². The predicted octanol–water partition coefficient (Wildman–Crippen LogP) is 6.98. The summed E-state index contributed by atoms with van der Waals surface area (Å²) in [7, 11) is 0. The van der Waals surface area contributed by atoms with E-state index in [9.17, 15) is 9.59 Å². The fourth-order valence-corrected chi connectivity index (χ4v) is 4.21. The molecule has 1 aromatic carbocycles. The Morgan fingerprint density at radius 2 is 1.62 bits per heavy atom. The lowest BCUT2D eigenvalue weighted by atomic mass is 10.0. The van der Waals surface area contributed by atoms with Crippen molar-refractivity contribution in [3.05, 3.63) is 40.8 Å². The third-order valence-corrected chi connectivity index (χ3v) is 5.79. The number of carbonyl (C=O) groups excluding carboxylic acids is 2. The van der Waals surface area contributed by atoms with Crippen molar-refractivity contribution in [2.24, 2.45) is 0 Å². The lowest BCUT2D eigenvalue weighted by molar-refractivity contribution is -0.116. The molecule has 1 N–H and O–H groups in total. The number of aryl methyl sites for hydroxylation is 1. The third-order valence-electron chi connectivity index (χ3n) is 4.89. The van der Waals surface area contributed by atoms with E-state index in [1.54, 1.807) is 6.92 Å². The van der Waals surface area contributed by atoms with Gasteiger partial charge in [-0.25, -0.2) is 4.79 Å². The van der Waals surface area contributed by atoms with E-state index in [2.05, 4.69) is 12.2 Å². The zero-order valence-corrected chi connectivity index (χ0v) is 18.7. The van der Waals surface area contributed by atoms with Crippen LogP contribution in [-0.4, -0.2) is 18.5 Å². The van der Waals surface area contributed by atoms with Crippen LogP contribution in [0.2, 0.25) is 0 Å². The quantitative estimate of drug-likeness (QED) is 0.300. The van der Waals surface area contributed by atoms with Gasteiger partial charge in [-0.3, -0.25) is 4.79 Å². The Morgan fingerprint density at radius 3 is 2.28 bits per heavy atom. The van der Waals surface area contributed by atoms with Gasteiger partial charge in [-0.2, -0.15) is 0 Å². The van der Waals surface area contributed by atoms with Gasteiger partial charge in [0.25, 0.3) is 0 Å². The van der Waals surface area contributed by atoms with E-state index < -0.39 is 5.97 Å². The van der Waals surface area contributed by atoms with Crippen molar-refractivity contribution in [1.29, 1.82) is 0 Å². The Kier molecular flexibility index (Phi) is 9.92. The second kappa shape index (κ2) is 12.4. The highest BCUT2D eigenvalue weighted by atomic mass is 32.1. The Morgan fingerprint density at radius 1 is 0.966 bits per heavy atom. The minimum Gasteiger partial charge on any atom is -0.462 e. The fourth-order valence-electron chi connectivity index (χ4n) is 3.23. The highest BCUT2D eigenvalue weighted by Gasteiger charge is 2.22. The molecule has 0 saturated carbocycles. The molecule has 0 unspecified atom stereocenters. The molecule has 0 saturated heterocycles. The second-order valence-corrected chi connectivity index (χ2v) is 8.24. The SMILES string of the molecule is CCCCCCCCCC(=O)Nc1scc(-c2ccc(C)cc2)c1C(=O)OCC. The van der Waals surface area contributed by atoms with Crippen LogP contribution in [0.5, 0.6) is 0 Å². The van der Waals surface area contributed by atoms with Crippen molar-refractivity contribution in [3.8, 4) is 11.1 Å². The number of hydrogen-bond donors (Lipinski definition) is 1. The molecule has 2 rings (SSSR count). The molecule has 29 heavy (non-hydrogen) atoms. The summed E-state index contributed by atoms with van der Waals surface area (Å²) in [6.07, 6.45) is 8.67. The van der Waals surface area contributed by atoms with E-state index in [-0.39, 0.29) is 5.91 Å². The molecule has 0 fully saturated rings. The number of ether oxygens (including phenoxy) is 1. The molecule has 1 heterocycles. The predicted molar refractivity (Wildman–Crippen MR) is 122 cm³/mol. The molecular weight excluding hydrogens is 382 g/mol. The summed E-state index contributed by atoms with van der Waals surface area (Å²) in [6, 6.07) is 8.01. The average molecular weight is 416 g/mol. The zero-order valence-electron chi connectivity index (χ0n) is 17.9. The van der Waals surface area contributed by atoms with Gasteiger partial charge >= 0.3 is 5.97 Å². The van der Waals surface area contributed by atoms with Gasteiger partial charge in [0.05, 0.1) is 6.61 Å². The molecule has 0 aliphatic rings. The van der Waals surface area contributed by atoms with Crippen LogP contribution >= 0.6 is 11.3 Å². The average Bonchev–Trinajstić information content (AvgIpc) is 3.11. The van der Waals surface area contributed by atoms with Crippen LogP contribution in [0.1, 0.15) is 81.1 Å². The van der Waals surface area contributed by atoms with E-state index in [0.717, 1.165) is 29.5 Å². The van der Waals surface area contributed by atoms with Crippen LogP contribution in [0.4, 0.5) is 5.00 Å². The molecule has 4 nitrogen and oxygen atoms in total. The van der Waals surface area contributed by atoms with Crippen LogP contribution in [0.15, 0.2) is 29.6 Å². The van der Waals surface area contributed by atoms with E-state index in [1.807, 2.05) is 36.6 Å². The summed E-state index contributed by atoms with van der Waals surface area (Å²) in [5.74, 6) is -0.433. The normalized spacial score (nSPS) is 10.7. The summed E-state index contributed by atoms with van der Waals surface area (Å²) >= 11 is 1.38. The lowest BCUT2D eigenvalue weighted by Crippen LogP contribution is -2.14. The summed E-state index contributed by atoms with van der Waals surface area (Å²) in [6.45, 7) is 6.32. The first-order chi connectivity index (χ1) is 14.1. The molecule has 5 heteroatoms. The number of anilines is 1. The lowest BCUT2D eigenvalue weighted by Gasteiger charge is -2.09. The number of carbonyl (C=O) groups is 2. The van der Waals surface area contributed by atoms with Crippen molar-refractivity contribution >= 4 is 28.2 Å². The van der Waals surface area contributed by atoms with Crippen molar-refractivity contribution in [3.63, 3.8) is 0 Å². The van der Waals surface area contributed by atoms with Crippen LogP contribution in [-0.2, 0) is 9.53 Å². The number of esters is 1. The first kappa shape index (κ1) is 23.1. The summed E-state index contributed by atoms with van der Waals surface area (Å²) in [5, 5.41) is 5.43. The molecule has 0 radical (unpaired) electrons. The van der Waals surface area contributed by atoms with Gasteiger partial charge < -0.3 is 10.1 Å². The summed E-state index contributed by atoms with van der Waals surface area (Å²) in [5.41, 5.74) is 3.36. The first-order valence-corrected chi connectivity index (χ1v) is 11.6. The maximum Gasteiger partial charge on any atom is 0.341 e. The second-order valence-electron chi connectivity index (χ2n) is 7.36. The van der Waals surface area contributed by atoms with Crippen molar-refractivity contribution in [2.45, 2.75) is 72.1 Å². The smallest absolute Gasteiger partial charge is 0.341 e. The molecule has 0 bridgehead atoms. The van der Waals surface area contributed by atoms with E-state index >= 15 is 0 Å². The molecule has 1 aromatic heterocycles. The number of nitrogens with one attached hydrogen (secondary N) is 1. The van der Waals surface area contributed by atoms with Crippen molar-refractivity contribution < 1.29 is 14.3 Å². The maximum absolute atomic E-state index is 12.6. The molecule has 0 aliphatic carbocycles. The number of thiophene rings is 1. The summed E-state index contributed by atoms with van der Waals surface area (Å²) < 4.78 is 5.26.